The number of carboxylic acid groups (broad SMARTS) is 1. The Labute approximate surface area is 59.2 Å². The standard InChI is InChI=1S/C7H11NO2/c8-7(1-2-7)5-3-4(5)6(9)10/h4-5H,1-3,8H2,(H,9,10). The number of carbonyl (C=O) groups is 1. The van der Waals surface area contributed by atoms with E-state index in [4.69, 9.17) is 10.8 Å². The maximum atomic E-state index is 10.4. The fourth-order valence-electron chi connectivity index (χ4n) is 1.62. The molecule has 0 spiro atoms. The summed E-state index contributed by atoms with van der Waals surface area (Å²) in [7, 11) is 0. The zero-order valence-electron chi connectivity index (χ0n) is 5.71. The van der Waals surface area contributed by atoms with Crippen LogP contribution < -0.4 is 5.73 Å². The lowest BCUT2D eigenvalue weighted by Crippen LogP contribution is -2.26. The van der Waals surface area contributed by atoms with Gasteiger partial charge in [-0.15, -0.1) is 0 Å². The third kappa shape index (κ3) is 0.736. The normalized spacial score (nSPS) is 40.9. The fraction of sp³-hybridized carbons (Fsp3) is 0.857. The van der Waals surface area contributed by atoms with E-state index in [9.17, 15) is 4.79 Å². The van der Waals surface area contributed by atoms with Crippen molar-refractivity contribution in [1.29, 1.82) is 0 Å². The smallest absolute Gasteiger partial charge is 0.306 e. The average Bonchev–Trinajstić information content (AvgIpc) is 2.54. The summed E-state index contributed by atoms with van der Waals surface area (Å²) in [6, 6.07) is 0. The van der Waals surface area contributed by atoms with Crippen LogP contribution in [-0.2, 0) is 4.79 Å². The highest BCUT2D eigenvalue weighted by atomic mass is 16.4. The van der Waals surface area contributed by atoms with Crippen molar-refractivity contribution < 1.29 is 9.90 Å². The molecule has 2 atom stereocenters. The molecule has 2 aliphatic rings. The fourth-order valence-corrected chi connectivity index (χ4v) is 1.62. The van der Waals surface area contributed by atoms with Crippen LogP contribution in [0.15, 0.2) is 0 Å². The first kappa shape index (κ1) is 6.16. The Kier molecular flexibility index (Phi) is 0.944. The third-order valence-corrected chi connectivity index (χ3v) is 2.67. The van der Waals surface area contributed by atoms with Gasteiger partial charge in [-0.25, -0.2) is 0 Å². The molecule has 2 unspecified atom stereocenters. The van der Waals surface area contributed by atoms with Gasteiger partial charge < -0.3 is 10.8 Å². The van der Waals surface area contributed by atoms with Crippen LogP contribution in [0.5, 0.6) is 0 Å². The molecule has 0 bridgehead atoms. The highest BCUT2D eigenvalue weighted by Gasteiger charge is 2.59. The molecule has 2 aliphatic carbocycles. The Balaban J connectivity index is 1.96. The van der Waals surface area contributed by atoms with Crippen LogP contribution in [0.4, 0.5) is 0 Å². The third-order valence-electron chi connectivity index (χ3n) is 2.67. The highest BCUT2D eigenvalue weighted by Crippen LogP contribution is 2.55. The van der Waals surface area contributed by atoms with Gasteiger partial charge in [0.15, 0.2) is 0 Å². The first-order valence-electron chi connectivity index (χ1n) is 3.65. The predicted octanol–water partition coefficient (Wildman–Crippen LogP) is 0.198. The SMILES string of the molecule is NC1(C2CC2C(=O)O)CC1. The summed E-state index contributed by atoms with van der Waals surface area (Å²) in [4.78, 5) is 10.4. The van der Waals surface area contributed by atoms with Gasteiger partial charge in [0.05, 0.1) is 5.92 Å². The van der Waals surface area contributed by atoms with Crippen LogP contribution in [0.3, 0.4) is 0 Å². The van der Waals surface area contributed by atoms with Gasteiger partial charge >= 0.3 is 5.97 Å². The van der Waals surface area contributed by atoms with E-state index in [1.54, 1.807) is 0 Å². The molecule has 3 heteroatoms. The largest absolute Gasteiger partial charge is 0.481 e. The van der Waals surface area contributed by atoms with Gasteiger partial charge in [-0.2, -0.15) is 0 Å². The zero-order chi connectivity index (χ0) is 7.35. The maximum absolute atomic E-state index is 10.4. The molecular formula is C7H11NO2. The summed E-state index contributed by atoms with van der Waals surface area (Å²) in [6.45, 7) is 0. The Morgan fingerprint density at radius 2 is 2.20 bits per heavy atom. The minimum Gasteiger partial charge on any atom is -0.481 e. The summed E-state index contributed by atoms with van der Waals surface area (Å²) >= 11 is 0. The monoisotopic (exact) mass is 141 g/mol. The van der Waals surface area contributed by atoms with E-state index in [0.717, 1.165) is 19.3 Å². The van der Waals surface area contributed by atoms with E-state index in [-0.39, 0.29) is 11.5 Å². The molecule has 0 saturated heterocycles. The maximum Gasteiger partial charge on any atom is 0.306 e. The number of aliphatic carboxylic acids is 1. The minimum absolute atomic E-state index is 0.0664. The van der Waals surface area contributed by atoms with Crippen molar-refractivity contribution in [2.75, 3.05) is 0 Å². The summed E-state index contributed by atoms with van der Waals surface area (Å²) in [6.07, 6.45) is 2.87. The molecule has 56 valence electrons. The van der Waals surface area contributed by atoms with Crippen molar-refractivity contribution >= 4 is 5.97 Å². The van der Waals surface area contributed by atoms with Crippen molar-refractivity contribution in [2.45, 2.75) is 24.8 Å². The topological polar surface area (TPSA) is 63.3 Å². The van der Waals surface area contributed by atoms with Gasteiger partial charge in [-0.1, -0.05) is 0 Å². The molecular weight excluding hydrogens is 130 g/mol. The summed E-state index contributed by atoms with van der Waals surface area (Å²) in [5.74, 6) is -0.487. The van der Waals surface area contributed by atoms with E-state index in [1.807, 2.05) is 0 Å². The van der Waals surface area contributed by atoms with Gasteiger partial charge in [-0.3, -0.25) is 4.79 Å². The van der Waals surface area contributed by atoms with E-state index < -0.39 is 5.97 Å². The number of hydrogen-bond acceptors (Lipinski definition) is 2. The van der Waals surface area contributed by atoms with Crippen molar-refractivity contribution in [3.63, 3.8) is 0 Å². The van der Waals surface area contributed by atoms with Crippen molar-refractivity contribution in [3.8, 4) is 0 Å². The molecule has 0 aromatic heterocycles. The zero-order valence-corrected chi connectivity index (χ0v) is 5.71. The second-order valence-corrected chi connectivity index (χ2v) is 3.52. The van der Waals surface area contributed by atoms with Crippen molar-refractivity contribution in [1.82, 2.24) is 0 Å². The van der Waals surface area contributed by atoms with Crippen LogP contribution in [-0.4, -0.2) is 16.6 Å². The van der Waals surface area contributed by atoms with Crippen LogP contribution >= 0.6 is 0 Å². The summed E-state index contributed by atoms with van der Waals surface area (Å²) in [5, 5.41) is 8.56. The second kappa shape index (κ2) is 1.53. The minimum atomic E-state index is -0.665. The Morgan fingerprint density at radius 1 is 1.60 bits per heavy atom. The first-order valence-corrected chi connectivity index (χ1v) is 3.65. The van der Waals surface area contributed by atoms with E-state index >= 15 is 0 Å². The van der Waals surface area contributed by atoms with Gasteiger partial charge in [0.2, 0.25) is 0 Å². The van der Waals surface area contributed by atoms with E-state index in [2.05, 4.69) is 0 Å². The lowest BCUT2D eigenvalue weighted by Gasteiger charge is -2.03. The summed E-state index contributed by atoms with van der Waals surface area (Å²) in [5.41, 5.74) is 5.75. The van der Waals surface area contributed by atoms with Crippen LogP contribution in [0.25, 0.3) is 0 Å². The van der Waals surface area contributed by atoms with Gasteiger partial charge in [-0.05, 0) is 25.2 Å². The number of rotatable bonds is 2. The number of nitrogens with two attached hydrogens (primary N) is 1. The van der Waals surface area contributed by atoms with Gasteiger partial charge in [0, 0.05) is 5.54 Å². The predicted molar refractivity (Wildman–Crippen MR) is 35.4 cm³/mol. The first-order chi connectivity index (χ1) is 4.63. The quantitative estimate of drug-likeness (QED) is 0.577. The number of carboxylic acids is 1. The van der Waals surface area contributed by atoms with E-state index in [0.29, 0.717) is 5.92 Å². The molecule has 0 aromatic rings. The Morgan fingerprint density at radius 3 is 2.50 bits per heavy atom. The van der Waals surface area contributed by atoms with Crippen molar-refractivity contribution in [3.05, 3.63) is 0 Å². The molecule has 0 radical (unpaired) electrons. The highest BCUT2D eigenvalue weighted by molar-refractivity contribution is 5.74. The second-order valence-electron chi connectivity index (χ2n) is 3.52. The molecule has 0 heterocycles. The van der Waals surface area contributed by atoms with E-state index in [1.165, 1.54) is 0 Å². The molecule has 0 aliphatic heterocycles. The molecule has 2 saturated carbocycles. The van der Waals surface area contributed by atoms with Crippen molar-refractivity contribution in [2.24, 2.45) is 17.6 Å². The Hall–Kier alpha value is -0.570. The lowest BCUT2D eigenvalue weighted by molar-refractivity contribution is -0.138. The molecule has 10 heavy (non-hydrogen) atoms. The molecule has 3 N–H and O–H groups in total. The average molecular weight is 141 g/mol. The molecule has 0 aromatic carbocycles. The Bertz CT molecular complexity index is 186. The summed E-state index contributed by atoms with van der Waals surface area (Å²) < 4.78 is 0. The van der Waals surface area contributed by atoms with Crippen LogP contribution in [0.1, 0.15) is 19.3 Å². The number of hydrogen-bond donors (Lipinski definition) is 2. The molecule has 3 nitrogen and oxygen atoms in total. The molecule has 2 fully saturated rings. The van der Waals surface area contributed by atoms with Gasteiger partial charge in [0.1, 0.15) is 0 Å². The lowest BCUT2D eigenvalue weighted by atomic mass is 10.1. The molecule has 2 rings (SSSR count). The van der Waals surface area contributed by atoms with Crippen LogP contribution in [0.2, 0.25) is 0 Å². The van der Waals surface area contributed by atoms with Gasteiger partial charge in [0.25, 0.3) is 0 Å². The molecule has 0 amide bonds. The van der Waals surface area contributed by atoms with Crippen LogP contribution in [0, 0.1) is 11.8 Å².